The molecule has 0 radical (unpaired) electrons. The normalized spacial score (nSPS) is 14.0. The highest BCUT2D eigenvalue weighted by atomic mass is 32.2. The topological polar surface area (TPSA) is 93.7 Å². The van der Waals surface area contributed by atoms with E-state index in [1.54, 1.807) is 20.8 Å². The summed E-state index contributed by atoms with van der Waals surface area (Å²) in [6, 6.07) is -0.327. The summed E-state index contributed by atoms with van der Waals surface area (Å²) in [5, 5.41) is 2.71. The predicted octanol–water partition coefficient (Wildman–Crippen LogP) is 1.49. The second-order valence-corrected chi connectivity index (χ2v) is 8.56. The Kier molecular flexibility index (Phi) is 8.95. The van der Waals surface area contributed by atoms with Crippen LogP contribution in [0.2, 0.25) is 0 Å². The van der Waals surface area contributed by atoms with Crippen molar-refractivity contribution >= 4 is 16.1 Å². The van der Waals surface area contributed by atoms with Gasteiger partial charge in [-0.05, 0) is 33.1 Å². The fourth-order valence-electron chi connectivity index (χ4n) is 1.73. The van der Waals surface area contributed by atoms with E-state index in [1.165, 1.54) is 7.11 Å². The van der Waals surface area contributed by atoms with Crippen molar-refractivity contribution in [2.75, 3.05) is 26.0 Å². The van der Waals surface area contributed by atoms with Crippen LogP contribution in [-0.4, -0.2) is 52.2 Å². The zero-order valence-electron chi connectivity index (χ0n) is 14.4. The molecule has 0 aliphatic heterocycles. The lowest BCUT2D eigenvalue weighted by molar-refractivity contribution is 0.0499. The van der Waals surface area contributed by atoms with Crippen LogP contribution in [0.15, 0.2) is 0 Å². The fraction of sp³-hybridized carbons (Fsp3) is 0.929. The van der Waals surface area contributed by atoms with Crippen molar-refractivity contribution in [3.63, 3.8) is 0 Å². The molecule has 0 rings (SSSR count). The van der Waals surface area contributed by atoms with E-state index >= 15 is 0 Å². The maximum atomic E-state index is 11.8. The van der Waals surface area contributed by atoms with Crippen molar-refractivity contribution in [2.45, 2.75) is 52.7 Å². The third kappa shape index (κ3) is 11.8. The largest absolute Gasteiger partial charge is 0.444 e. The zero-order valence-corrected chi connectivity index (χ0v) is 15.2. The Hall–Kier alpha value is -0.860. The van der Waals surface area contributed by atoms with Gasteiger partial charge in [-0.1, -0.05) is 13.8 Å². The van der Waals surface area contributed by atoms with Crippen LogP contribution in [0.1, 0.15) is 41.0 Å². The smallest absolute Gasteiger partial charge is 0.407 e. The van der Waals surface area contributed by atoms with Gasteiger partial charge >= 0.3 is 6.09 Å². The number of hydrogen-bond acceptors (Lipinski definition) is 5. The van der Waals surface area contributed by atoms with Crippen LogP contribution in [0.3, 0.4) is 0 Å². The van der Waals surface area contributed by atoms with Gasteiger partial charge in [0.05, 0.1) is 12.4 Å². The number of carbonyl (C=O) groups is 1. The third-order valence-corrected chi connectivity index (χ3v) is 3.89. The van der Waals surface area contributed by atoms with Gasteiger partial charge in [0.2, 0.25) is 10.0 Å². The average Bonchev–Trinajstić information content (AvgIpc) is 2.30. The molecule has 0 saturated heterocycles. The monoisotopic (exact) mass is 338 g/mol. The van der Waals surface area contributed by atoms with Crippen molar-refractivity contribution in [3.8, 4) is 0 Å². The molecule has 0 fully saturated rings. The second-order valence-electron chi connectivity index (χ2n) is 6.63. The van der Waals surface area contributed by atoms with Crippen molar-refractivity contribution < 1.29 is 22.7 Å². The van der Waals surface area contributed by atoms with Crippen molar-refractivity contribution in [2.24, 2.45) is 5.92 Å². The first kappa shape index (κ1) is 21.1. The van der Waals surface area contributed by atoms with E-state index in [1.807, 2.05) is 13.8 Å². The molecule has 22 heavy (non-hydrogen) atoms. The van der Waals surface area contributed by atoms with E-state index in [9.17, 15) is 13.2 Å². The molecule has 0 heterocycles. The van der Waals surface area contributed by atoms with E-state index in [2.05, 4.69) is 10.0 Å². The maximum absolute atomic E-state index is 11.8. The molecule has 0 bridgehead atoms. The van der Waals surface area contributed by atoms with Crippen LogP contribution < -0.4 is 10.0 Å². The summed E-state index contributed by atoms with van der Waals surface area (Å²) in [5.41, 5.74) is -0.593. The minimum absolute atomic E-state index is 0.107. The molecule has 0 spiro atoms. The lowest BCUT2D eigenvalue weighted by Gasteiger charge is -2.24. The minimum atomic E-state index is -3.41. The minimum Gasteiger partial charge on any atom is -0.444 e. The molecule has 1 amide bonds. The first-order valence-corrected chi connectivity index (χ1v) is 9.06. The van der Waals surface area contributed by atoms with Gasteiger partial charge in [-0.25, -0.2) is 17.9 Å². The summed E-state index contributed by atoms with van der Waals surface area (Å²) in [6.45, 7) is 9.59. The number of ether oxygens (including phenoxy) is 2. The van der Waals surface area contributed by atoms with Crippen LogP contribution in [0.5, 0.6) is 0 Å². The molecule has 8 heteroatoms. The molecule has 0 aromatic heterocycles. The SMILES string of the molecule is COCCS(=O)(=O)NC[C@H](CC(C)C)NC(=O)OC(C)(C)C. The van der Waals surface area contributed by atoms with E-state index in [0.717, 1.165) is 0 Å². The van der Waals surface area contributed by atoms with Crippen LogP contribution in [0, 0.1) is 5.92 Å². The summed E-state index contributed by atoms with van der Waals surface area (Å²) in [6.07, 6.45) is 0.0979. The molecular weight excluding hydrogens is 308 g/mol. The van der Waals surface area contributed by atoms with Crippen LogP contribution in [-0.2, 0) is 19.5 Å². The molecule has 0 aliphatic carbocycles. The standard InChI is InChI=1S/C14H30N2O5S/c1-11(2)9-12(16-13(17)21-14(3,4)5)10-15-22(18,19)8-7-20-6/h11-12,15H,7-10H2,1-6H3,(H,16,17)/t12-/m0/s1. The first-order valence-electron chi connectivity index (χ1n) is 7.41. The molecule has 0 aliphatic rings. The van der Waals surface area contributed by atoms with E-state index in [4.69, 9.17) is 9.47 Å². The summed E-state index contributed by atoms with van der Waals surface area (Å²) >= 11 is 0. The number of amides is 1. The van der Waals surface area contributed by atoms with Crippen LogP contribution >= 0.6 is 0 Å². The van der Waals surface area contributed by atoms with Gasteiger partial charge in [-0.15, -0.1) is 0 Å². The zero-order chi connectivity index (χ0) is 17.4. The fourth-order valence-corrected chi connectivity index (χ4v) is 2.71. The lowest BCUT2D eigenvalue weighted by atomic mass is 10.0. The highest BCUT2D eigenvalue weighted by molar-refractivity contribution is 7.89. The van der Waals surface area contributed by atoms with Crippen molar-refractivity contribution in [3.05, 3.63) is 0 Å². The summed E-state index contributed by atoms with van der Waals surface area (Å²) in [7, 11) is -1.97. The number of methoxy groups -OCH3 is 1. The average molecular weight is 338 g/mol. The van der Waals surface area contributed by atoms with Gasteiger partial charge < -0.3 is 14.8 Å². The Morgan fingerprint density at radius 1 is 1.23 bits per heavy atom. The lowest BCUT2D eigenvalue weighted by Crippen LogP contribution is -2.46. The number of carbonyl (C=O) groups excluding carboxylic acids is 1. The van der Waals surface area contributed by atoms with E-state index in [0.29, 0.717) is 12.3 Å². The summed E-state index contributed by atoms with van der Waals surface area (Å²) in [4.78, 5) is 11.8. The van der Waals surface area contributed by atoms with Crippen molar-refractivity contribution in [1.82, 2.24) is 10.0 Å². The Labute approximate surface area is 134 Å². The number of rotatable bonds is 9. The van der Waals surface area contributed by atoms with E-state index in [-0.39, 0.29) is 24.9 Å². The molecule has 0 saturated carbocycles. The first-order chi connectivity index (χ1) is 9.95. The number of sulfonamides is 1. The van der Waals surface area contributed by atoms with Gasteiger partial charge in [0.15, 0.2) is 0 Å². The Balaban J connectivity index is 4.55. The Bertz CT molecular complexity index is 429. The van der Waals surface area contributed by atoms with Gasteiger partial charge in [0, 0.05) is 19.7 Å². The molecule has 0 aromatic carbocycles. The third-order valence-electron chi connectivity index (χ3n) is 2.58. The van der Waals surface area contributed by atoms with Gasteiger partial charge in [0.25, 0.3) is 0 Å². The molecule has 132 valence electrons. The molecule has 0 aromatic rings. The highest BCUT2D eigenvalue weighted by Gasteiger charge is 2.21. The Morgan fingerprint density at radius 2 is 1.82 bits per heavy atom. The van der Waals surface area contributed by atoms with Crippen LogP contribution in [0.25, 0.3) is 0 Å². The predicted molar refractivity (Wildman–Crippen MR) is 86.3 cm³/mol. The van der Waals surface area contributed by atoms with Gasteiger partial charge in [-0.3, -0.25) is 0 Å². The molecule has 7 nitrogen and oxygen atoms in total. The van der Waals surface area contributed by atoms with Gasteiger partial charge in [-0.2, -0.15) is 0 Å². The quantitative estimate of drug-likeness (QED) is 0.664. The second kappa shape index (κ2) is 9.32. The summed E-state index contributed by atoms with van der Waals surface area (Å²) in [5.74, 6) is 0.202. The molecule has 1 atom stereocenters. The number of hydrogen-bond donors (Lipinski definition) is 2. The summed E-state index contributed by atoms with van der Waals surface area (Å²) < 4.78 is 36.0. The number of nitrogens with one attached hydrogen (secondary N) is 2. The van der Waals surface area contributed by atoms with Gasteiger partial charge in [0.1, 0.15) is 5.60 Å². The Morgan fingerprint density at radius 3 is 2.27 bits per heavy atom. The maximum Gasteiger partial charge on any atom is 0.407 e. The van der Waals surface area contributed by atoms with E-state index < -0.39 is 21.7 Å². The van der Waals surface area contributed by atoms with Crippen molar-refractivity contribution in [1.29, 1.82) is 0 Å². The van der Waals surface area contributed by atoms with Crippen LogP contribution in [0.4, 0.5) is 4.79 Å². The molecule has 2 N–H and O–H groups in total. The molecule has 0 unspecified atom stereocenters. The molecular formula is C14H30N2O5S. The highest BCUT2D eigenvalue weighted by Crippen LogP contribution is 2.09. The number of alkyl carbamates (subject to hydrolysis) is 1.